The number of rotatable bonds is 39. The number of aliphatic hydroxyl groups is 3. The molecule has 324 valence electrons. The van der Waals surface area contributed by atoms with Crippen LogP contribution in [0, 0.1) is 0 Å². The van der Waals surface area contributed by atoms with Crippen LogP contribution in [0.1, 0.15) is 162 Å². The lowest BCUT2D eigenvalue weighted by Gasteiger charge is -2.20. The fourth-order valence-electron chi connectivity index (χ4n) is 5.36. The molecule has 0 amide bonds. The van der Waals surface area contributed by atoms with Gasteiger partial charge in [-0.3, -0.25) is 18.6 Å². The molecule has 0 radical (unpaired) electrons. The average Bonchev–Trinajstić information content (AvgIpc) is 3.18. The molecular formula is C44H77O11P. The Balaban J connectivity index is 4.50. The van der Waals surface area contributed by atoms with Crippen molar-refractivity contribution in [2.75, 3.05) is 26.4 Å². The number of carbonyl (C=O) groups is 2. The lowest BCUT2D eigenvalue weighted by molar-refractivity contribution is -0.161. The predicted octanol–water partition coefficient (Wildman–Crippen LogP) is 10.1. The van der Waals surface area contributed by atoms with Gasteiger partial charge in [0.2, 0.25) is 0 Å². The summed E-state index contributed by atoms with van der Waals surface area (Å²) in [6.07, 6.45) is 39.3. The van der Waals surface area contributed by atoms with Crippen LogP contribution >= 0.6 is 7.82 Å². The topological polar surface area (TPSA) is 169 Å². The molecule has 0 aliphatic carbocycles. The van der Waals surface area contributed by atoms with Gasteiger partial charge in [-0.2, -0.15) is 0 Å². The fourth-order valence-corrected chi connectivity index (χ4v) is 6.15. The van der Waals surface area contributed by atoms with Crippen molar-refractivity contribution in [3.63, 3.8) is 0 Å². The third kappa shape index (κ3) is 38.5. The number of hydrogen-bond acceptors (Lipinski definition) is 10. The number of hydrogen-bond donors (Lipinski definition) is 4. The van der Waals surface area contributed by atoms with Gasteiger partial charge in [0.15, 0.2) is 6.10 Å². The molecule has 0 aromatic heterocycles. The molecule has 0 fully saturated rings. The van der Waals surface area contributed by atoms with Crippen molar-refractivity contribution in [3.8, 4) is 0 Å². The maximum absolute atomic E-state index is 12.6. The van der Waals surface area contributed by atoms with E-state index in [0.29, 0.717) is 32.1 Å². The Bertz CT molecular complexity index is 1130. The molecule has 0 aromatic rings. The quantitative estimate of drug-likeness (QED) is 0.0153. The molecule has 0 aromatic carbocycles. The number of phosphoric acid groups is 1. The van der Waals surface area contributed by atoms with E-state index in [1.165, 1.54) is 57.8 Å². The van der Waals surface area contributed by atoms with Gasteiger partial charge in [0.1, 0.15) is 12.7 Å². The molecule has 0 heterocycles. The number of ether oxygens (including phenoxy) is 2. The molecule has 0 bridgehead atoms. The first kappa shape index (κ1) is 53.6. The van der Waals surface area contributed by atoms with Crippen LogP contribution in [-0.4, -0.2) is 76.9 Å². The number of allylic oxidation sites excluding steroid dienone is 8. The summed E-state index contributed by atoms with van der Waals surface area (Å²) in [6, 6.07) is 0. The zero-order chi connectivity index (χ0) is 41.4. The van der Waals surface area contributed by atoms with Gasteiger partial charge < -0.3 is 29.7 Å². The minimum Gasteiger partial charge on any atom is -0.462 e. The van der Waals surface area contributed by atoms with Crippen LogP contribution in [0.3, 0.4) is 0 Å². The van der Waals surface area contributed by atoms with E-state index >= 15 is 0 Å². The summed E-state index contributed by atoms with van der Waals surface area (Å²) in [6.45, 7) is 2.17. The zero-order valence-corrected chi connectivity index (χ0v) is 35.6. The monoisotopic (exact) mass is 813 g/mol. The van der Waals surface area contributed by atoms with Crippen molar-refractivity contribution in [2.45, 2.75) is 180 Å². The normalized spacial score (nSPS) is 15.0. The van der Waals surface area contributed by atoms with Gasteiger partial charge in [0.05, 0.1) is 25.9 Å². The Morgan fingerprint density at radius 3 is 1.82 bits per heavy atom. The lowest BCUT2D eigenvalue weighted by atomic mass is 10.1. The highest BCUT2D eigenvalue weighted by atomic mass is 31.2. The van der Waals surface area contributed by atoms with Crippen molar-refractivity contribution < 1.29 is 52.9 Å². The average molecular weight is 813 g/mol. The minimum atomic E-state index is -4.65. The van der Waals surface area contributed by atoms with Crippen molar-refractivity contribution in [1.29, 1.82) is 0 Å². The molecule has 1 unspecified atom stereocenters. The Morgan fingerprint density at radius 1 is 0.607 bits per heavy atom. The molecule has 0 aliphatic heterocycles. The van der Waals surface area contributed by atoms with Crippen LogP contribution in [-0.2, 0) is 32.7 Å². The minimum absolute atomic E-state index is 0.0726. The Hall–Kier alpha value is -2.37. The molecule has 0 saturated heterocycles. The largest absolute Gasteiger partial charge is 0.472 e. The molecule has 0 aliphatic rings. The van der Waals surface area contributed by atoms with Crippen LogP contribution in [0.4, 0.5) is 0 Å². The van der Waals surface area contributed by atoms with E-state index in [4.69, 9.17) is 19.1 Å². The van der Waals surface area contributed by atoms with Crippen molar-refractivity contribution in [3.05, 3.63) is 60.8 Å². The summed E-state index contributed by atoms with van der Waals surface area (Å²) in [5, 5.41) is 28.3. The van der Waals surface area contributed by atoms with Crippen molar-refractivity contribution in [1.82, 2.24) is 0 Å². The lowest BCUT2D eigenvalue weighted by Crippen LogP contribution is -2.29. The van der Waals surface area contributed by atoms with Gasteiger partial charge in [-0.05, 0) is 70.6 Å². The number of phosphoric ester groups is 1. The van der Waals surface area contributed by atoms with Crippen molar-refractivity contribution >= 4 is 19.8 Å². The summed E-state index contributed by atoms with van der Waals surface area (Å²) in [4.78, 5) is 34.9. The molecule has 4 N–H and O–H groups in total. The smallest absolute Gasteiger partial charge is 0.462 e. The van der Waals surface area contributed by atoms with E-state index in [9.17, 15) is 29.3 Å². The molecule has 56 heavy (non-hydrogen) atoms. The van der Waals surface area contributed by atoms with E-state index in [2.05, 4.69) is 36.6 Å². The fraction of sp³-hybridized carbons (Fsp3) is 0.727. The summed E-state index contributed by atoms with van der Waals surface area (Å²) < 4.78 is 32.6. The zero-order valence-electron chi connectivity index (χ0n) is 34.7. The highest BCUT2D eigenvalue weighted by molar-refractivity contribution is 7.47. The summed E-state index contributed by atoms with van der Waals surface area (Å²) in [7, 11) is -4.65. The Morgan fingerprint density at radius 2 is 1.14 bits per heavy atom. The summed E-state index contributed by atoms with van der Waals surface area (Å²) >= 11 is 0. The molecule has 4 atom stereocenters. The van der Waals surface area contributed by atoms with Crippen LogP contribution in [0.5, 0.6) is 0 Å². The number of aliphatic hydroxyl groups excluding tert-OH is 3. The number of carbonyl (C=O) groups excluding carboxylic acids is 2. The SMILES string of the molecule is CCCCC/C=C\C[C@H](O)/C=C/C=C\C/C=C\CCCC(=O)O[C@H](COC(=O)CCCCCCC/C=C\CCCCCCCC)COP(=O)(O)OC[C@@H](O)CO. The van der Waals surface area contributed by atoms with Gasteiger partial charge in [-0.25, -0.2) is 4.57 Å². The second-order valence-corrected chi connectivity index (χ2v) is 15.7. The molecule has 0 saturated carbocycles. The summed E-state index contributed by atoms with van der Waals surface area (Å²) in [5.41, 5.74) is 0. The first-order valence-electron chi connectivity index (χ1n) is 21.4. The number of esters is 2. The molecule has 0 spiro atoms. The van der Waals surface area contributed by atoms with Crippen LogP contribution in [0.25, 0.3) is 0 Å². The van der Waals surface area contributed by atoms with Gasteiger partial charge in [-0.15, -0.1) is 0 Å². The van der Waals surface area contributed by atoms with E-state index < -0.39 is 57.9 Å². The maximum Gasteiger partial charge on any atom is 0.472 e. The van der Waals surface area contributed by atoms with Crippen LogP contribution in [0.15, 0.2) is 60.8 Å². The van der Waals surface area contributed by atoms with E-state index in [0.717, 1.165) is 44.9 Å². The van der Waals surface area contributed by atoms with Crippen LogP contribution < -0.4 is 0 Å². The Labute approximate surface area is 338 Å². The molecule has 11 nitrogen and oxygen atoms in total. The van der Waals surface area contributed by atoms with E-state index in [-0.39, 0.29) is 19.4 Å². The molecular weight excluding hydrogens is 735 g/mol. The second-order valence-electron chi connectivity index (χ2n) is 14.2. The maximum atomic E-state index is 12.6. The third-order valence-electron chi connectivity index (χ3n) is 8.72. The number of unbranched alkanes of at least 4 members (excludes halogenated alkanes) is 15. The van der Waals surface area contributed by atoms with Gasteiger partial charge in [0.25, 0.3) is 0 Å². The van der Waals surface area contributed by atoms with E-state index in [1.54, 1.807) is 6.08 Å². The first-order chi connectivity index (χ1) is 27.1. The standard InChI is InChI=1S/C44H77O11P/c1-3-5-7-9-11-12-13-14-15-16-17-18-22-26-30-34-43(48)52-38-42(39-54-56(50,51)53-37-41(47)36-45)55-44(49)35-31-27-23-20-19-21-25-29-33-40(46)32-28-24-10-8-6-4-2/h14-15,20-21,23-25,28-29,33,40-42,45-47H,3-13,16-19,22,26-27,30-32,34-39H2,1-2H3,(H,50,51)/b15-14-,23-20-,25-21-,28-24-,33-29+/t40-,41-,42+/m0/s1. The van der Waals surface area contributed by atoms with Gasteiger partial charge in [-0.1, -0.05) is 139 Å². The molecule has 0 rings (SSSR count). The van der Waals surface area contributed by atoms with Crippen LogP contribution in [0.2, 0.25) is 0 Å². The summed E-state index contributed by atoms with van der Waals surface area (Å²) in [5.74, 6) is -1.04. The predicted molar refractivity (Wildman–Crippen MR) is 225 cm³/mol. The highest BCUT2D eigenvalue weighted by Crippen LogP contribution is 2.43. The first-order valence-corrected chi connectivity index (χ1v) is 22.8. The Kier molecular flexibility index (Phi) is 37.8. The van der Waals surface area contributed by atoms with Gasteiger partial charge >= 0.3 is 19.8 Å². The third-order valence-corrected chi connectivity index (χ3v) is 9.68. The van der Waals surface area contributed by atoms with E-state index in [1.807, 2.05) is 36.5 Å². The van der Waals surface area contributed by atoms with Crippen molar-refractivity contribution in [2.24, 2.45) is 0 Å². The molecule has 12 heteroatoms. The second kappa shape index (κ2) is 39.5. The van der Waals surface area contributed by atoms with Gasteiger partial charge in [0, 0.05) is 12.8 Å². The highest BCUT2D eigenvalue weighted by Gasteiger charge is 2.27.